The molecule has 8 heteroatoms. The summed E-state index contributed by atoms with van der Waals surface area (Å²) >= 11 is 2.48. The first-order valence-corrected chi connectivity index (χ1v) is 13.6. The molecular weight excluding hydrogens is 470 g/mol. The average Bonchev–Trinajstić information content (AvgIpc) is 2.92. The second-order valence-electron chi connectivity index (χ2n) is 8.31. The monoisotopic (exact) mass is 501 g/mol. The summed E-state index contributed by atoms with van der Waals surface area (Å²) in [6, 6.07) is 12.9. The van der Waals surface area contributed by atoms with E-state index in [1.807, 2.05) is 42.7 Å². The molecule has 1 aliphatic rings. The van der Waals surface area contributed by atoms with Crippen molar-refractivity contribution in [2.45, 2.75) is 62.2 Å². The number of anilines is 2. The molecule has 1 heterocycles. The SMILES string of the molecule is CCCCC1(CCCC)C(=O)Sc2cc(OCC(=O)O)c(SC)cc2N(c2ccccc2)C1=O. The van der Waals surface area contributed by atoms with Crippen LogP contribution in [0.5, 0.6) is 5.75 Å². The van der Waals surface area contributed by atoms with Gasteiger partial charge in [-0.25, -0.2) is 4.79 Å². The van der Waals surface area contributed by atoms with E-state index in [-0.39, 0.29) is 11.0 Å². The molecule has 0 atom stereocenters. The second kappa shape index (κ2) is 11.8. The number of nitrogens with zero attached hydrogens (tertiary/aromatic N) is 1. The smallest absolute Gasteiger partial charge is 0.341 e. The molecule has 0 aromatic heterocycles. The maximum atomic E-state index is 14.3. The summed E-state index contributed by atoms with van der Waals surface area (Å²) in [6.07, 6.45) is 6.22. The highest BCUT2D eigenvalue weighted by Gasteiger charge is 2.50. The summed E-state index contributed by atoms with van der Waals surface area (Å²) in [5.74, 6) is -0.878. The molecule has 3 rings (SSSR count). The number of rotatable bonds is 11. The molecule has 182 valence electrons. The third-order valence-electron chi connectivity index (χ3n) is 5.97. The van der Waals surface area contributed by atoms with Crippen LogP contribution in [0.2, 0.25) is 0 Å². The van der Waals surface area contributed by atoms with Crippen LogP contribution in [0.3, 0.4) is 0 Å². The lowest BCUT2D eigenvalue weighted by atomic mass is 9.77. The van der Waals surface area contributed by atoms with Gasteiger partial charge in [-0.05, 0) is 55.1 Å². The van der Waals surface area contributed by atoms with Gasteiger partial charge >= 0.3 is 5.97 Å². The number of aliphatic carboxylic acids is 1. The van der Waals surface area contributed by atoms with E-state index < -0.39 is 18.0 Å². The number of para-hydroxylation sites is 1. The predicted octanol–water partition coefficient (Wildman–Crippen LogP) is 6.54. The van der Waals surface area contributed by atoms with Crippen molar-refractivity contribution in [1.82, 2.24) is 0 Å². The van der Waals surface area contributed by atoms with Crippen LogP contribution in [0.15, 0.2) is 52.3 Å². The number of carboxylic acid groups (broad SMARTS) is 1. The molecule has 1 amide bonds. The van der Waals surface area contributed by atoms with Crippen molar-refractivity contribution in [3.8, 4) is 5.75 Å². The van der Waals surface area contributed by atoms with Crippen molar-refractivity contribution < 1.29 is 24.2 Å². The van der Waals surface area contributed by atoms with Crippen molar-refractivity contribution in [1.29, 1.82) is 0 Å². The van der Waals surface area contributed by atoms with E-state index in [0.717, 1.165) is 37.4 Å². The molecule has 0 spiro atoms. The quantitative estimate of drug-likeness (QED) is 0.277. The summed E-state index contributed by atoms with van der Waals surface area (Å²) in [5, 5.41) is 8.93. The normalized spacial score (nSPS) is 15.1. The standard InChI is InChI=1S/C26H31NO5S2/c1-4-6-13-26(14-7-5-2)24(30)27(18-11-9-8-10-12-18)19-15-22(33-3)20(32-17-23(28)29)16-21(19)34-25(26)31/h8-12,15-16H,4-7,13-14,17H2,1-3H3,(H,28,29). The maximum Gasteiger partial charge on any atom is 0.341 e. The highest BCUT2D eigenvalue weighted by molar-refractivity contribution is 8.14. The number of thioether (sulfide) groups is 2. The molecule has 0 unspecified atom stereocenters. The average molecular weight is 502 g/mol. The molecule has 0 fully saturated rings. The van der Waals surface area contributed by atoms with Crippen LogP contribution in [0.4, 0.5) is 11.4 Å². The Balaban J connectivity index is 2.22. The number of hydrogen-bond acceptors (Lipinski definition) is 6. The Morgan fingerprint density at radius 3 is 2.29 bits per heavy atom. The molecule has 0 radical (unpaired) electrons. The number of fused-ring (bicyclic) bond motifs is 1. The maximum absolute atomic E-state index is 14.3. The minimum Gasteiger partial charge on any atom is -0.481 e. The van der Waals surface area contributed by atoms with Crippen LogP contribution in [-0.4, -0.2) is 35.0 Å². The Morgan fingerprint density at radius 2 is 1.74 bits per heavy atom. The molecule has 0 bridgehead atoms. The van der Waals surface area contributed by atoms with Gasteiger partial charge in [0.2, 0.25) is 11.0 Å². The predicted molar refractivity (Wildman–Crippen MR) is 137 cm³/mol. The fraction of sp³-hybridized carbons (Fsp3) is 0.423. The van der Waals surface area contributed by atoms with Crippen LogP contribution in [0.1, 0.15) is 52.4 Å². The van der Waals surface area contributed by atoms with Gasteiger partial charge in [-0.2, -0.15) is 0 Å². The Kier molecular flexibility index (Phi) is 9.08. The number of benzene rings is 2. The number of carbonyl (C=O) groups excluding carboxylic acids is 2. The molecule has 1 aliphatic heterocycles. The van der Waals surface area contributed by atoms with Gasteiger partial charge < -0.3 is 9.84 Å². The zero-order valence-electron chi connectivity index (χ0n) is 19.8. The number of amides is 1. The molecular formula is C26H31NO5S2. The number of ether oxygens (including phenoxy) is 1. The van der Waals surface area contributed by atoms with E-state index >= 15 is 0 Å². The van der Waals surface area contributed by atoms with E-state index in [0.29, 0.717) is 39.8 Å². The molecule has 6 nitrogen and oxygen atoms in total. The van der Waals surface area contributed by atoms with Gasteiger partial charge in [0.05, 0.1) is 10.6 Å². The number of carboxylic acids is 1. The van der Waals surface area contributed by atoms with E-state index in [1.165, 1.54) is 11.8 Å². The summed E-state index contributed by atoms with van der Waals surface area (Å²) in [7, 11) is 0. The van der Waals surface area contributed by atoms with Crippen LogP contribution in [0, 0.1) is 5.41 Å². The van der Waals surface area contributed by atoms with E-state index in [1.54, 1.807) is 11.0 Å². The lowest BCUT2D eigenvalue weighted by molar-refractivity contribution is -0.139. The number of carbonyl (C=O) groups is 3. The van der Waals surface area contributed by atoms with Gasteiger partial charge in [-0.15, -0.1) is 11.8 Å². The highest BCUT2D eigenvalue weighted by atomic mass is 32.2. The lowest BCUT2D eigenvalue weighted by Gasteiger charge is -2.34. The largest absolute Gasteiger partial charge is 0.481 e. The summed E-state index contributed by atoms with van der Waals surface area (Å²) in [4.78, 5) is 42.2. The van der Waals surface area contributed by atoms with E-state index in [2.05, 4.69) is 13.8 Å². The fourth-order valence-electron chi connectivity index (χ4n) is 4.14. The first-order chi connectivity index (χ1) is 16.4. The molecule has 34 heavy (non-hydrogen) atoms. The van der Waals surface area contributed by atoms with Gasteiger partial charge in [-0.1, -0.05) is 57.7 Å². The molecule has 1 N–H and O–H groups in total. The fourth-order valence-corrected chi connectivity index (χ4v) is 5.80. The minimum absolute atomic E-state index is 0.153. The summed E-state index contributed by atoms with van der Waals surface area (Å²) in [6.45, 7) is 3.64. The Morgan fingerprint density at radius 1 is 1.09 bits per heavy atom. The van der Waals surface area contributed by atoms with Crippen molar-refractivity contribution >= 4 is 51.9 Å². The van der Waals surface area contributed by atoms with Crippen molar-refractivity contribution in [2.75, 3.05) is 17.8 Å². The molecule has 2 aromatic rings. The van der Waals surface area contributed by atoms with Gasteiger partial charge in [0.25, 0.3) is 0 Å². The molecule has 0 saturated heterocycles. The van der Waals surface area contributed by atoms with Crippen LogP contribution < -0.4 is 9.64 Å². The third-order valence-corrected chi connectivity index (χ3v) is 7.85. The van der Waals surface area contributed by atoms with Crippen LogP contribution >= 0.6 is 23.5 Å². The Hall–Kier alpha value is -2.45. The van der Waals surface area contributed by atoms with E-state index in [4.69, 9.17) is 9.84 Å². The Bertz CT molecular complexity index is 1030. The molecule has 0 aliphatic carbocycles. The summed E-state index contributed by atoms with van der Waals surface area (Å²) < 4.78 is 5.53. The minimum atomic E-state index is -1.12. The van der Waals surface area contributed by atoms with Crippen molar-refractivity contribution in [2.24, 2.45) is 5.41 Å². The molecule has 2 aromatic carbocycles. The first-order valence-electron chi connectivity index (χ1n) is 11.6. The zero-order valence-corrected chi connectivity index (χ0v) is 21.5. The third kappa shape index (κ3) is 5.44. The van der Waals surface area contributed by atoms with Crippen molar-refractivity contribution in [3.63, 3.8) is 0 Å². The topological polar surface area (TPSA) is 83.9 Å². The number of unbranched alkanes of at least 4 members (excludes halogenated alkanes) is 2. The van der Waals surface area contributed by atoms with Gasteiger partial charge in [-0.3, -0.25) is 14.5 Å². The zero-order chi connectivity index (χ0) is 24.7. The lowest BCUT2D eigenvalue weighted by Crippen LogP contribution is -2.45. The van der Waals surface area contributed by atoms with E-state index in [9.17, 15) is 14.4 Å². The Labute approximate surface area is 209 Å². The van der Waals surface area contributed by atoms with Crippen LogP contribution in [-0.2, 0) is 14.4 Å². The molecule has 0 saturated carbocycles. The van der Waals surface area contributed by atoms with Gasteiger partial charge in [0.1, 0.15) is 11.2 Å². The van der Waals surface area contributed by atoms with Crippen molar-refractivity contribution in [3.05, 3.63) is 42.5 Å². The van der Waals surface area contributed by atoms with Gasteiger partial charge in [0.15, 0.2) is 6.61 Å². The number of hydrogen-bond donors (Lipinski definition) is 1. The highest BCUT2D eigenvalue weighted by Crippen LogP contribution is 2.51. The van der Waals surface area contributed by atoms with Crippen LogP contribution in [0.25, 0.3) is 0 Å². The second-order valence-corrected chi connectivity index (χ2v) is 10.2. The van der Waals surface area contributed by atoms with Gasteiger partial charge in [0, 0.05) is 10.6 Å². The first kappa shape index (κ1) is 26.2. The summed E-state index contributed by atoms with van der Waals surface area (Å²) in [5.41, 5.74) is 0.205.